The van der Waals surface area contributed by atoms with Gasteiger partial charge in [0, 0.05) is 11.4 Å². The minimum Gasteiger partial charge on any atom is -0.375 e. The quantitative estimate of drug-likeness (QED) is 0.813. The van der Waals surface area contributed by atoms with Crippen molar-refractivity contribution in [1.82, 2.24) is 10.3 Å². The Morgan fingerprint density at radius 2 is 2.50 bits per heavy atom. The van der Waals surface area contributed by atoms with Gasteiger partial charge in [0.1, 0.15) is 0 Å². The van der Waals surface area contributed by atoms with Crippen LogP contribution in [0, 0.1) is 0 Å². The summed E-state index contributed by atoms with van der Waals surface area (Å²) in [6.07, 6.45) is 3.37. The number of thioether (sulfide) groups is 1. The van der Waals surface area contributed by atoms with Crippen molar-refractivity contribution in [2.24, 2.45) is 0 Å². The van der Waals surface area contributed by atoms with E-state index in [9.17, 15) is 4.79 Å². The molecule has 1 rings (SSSR count). The zero-order chi connectivity index (χ0) is 12.0. The van der Waals surface area contributed by atoms with E-state index in [4.69, 9.17) is 5.73 Å². The van der Waals surface area contributed by atoms with Gasteiger partial charge in [-0.05, 0) is 25.4 Å². The van der Waals surface area contributed by atoms with Gasteiger partial charge in [-0.2, -0.15) is 11.8 Å². The van der Waals surface area contributed by atoms with Gasteiger partial charge in [0.2, 0.25) is 5.91 Å². The van der Waals surface area contributed by atoms with Gasteiger partial charge in [0.15, 0.2) is 5.13 Å². The van der Waals surface area contributed by atoms with Crippen LogP contribution in [0.15, 0.2) is 5.38 Å². The molecule has 0 aromatic carbocycles. The standard InChI is InChI=1S/C10H17N3OS2/c1-7(3-4-15-2)12-9(14)5-8-6-16-10(11)13-8/h6-7H,3-5H2,1-2H3,(H2,11,13)(H,12,14). The summed E-state index contributed by atoms with van der Waals surface area (Å²) >= 11 is 3.15. The topological polar surface area (TPSA) is 68.0 Å². The number of aromatic nitrogens is 1. The van der Waals surface area contributed by atoms with Crippen LogP contribution in [0.25, 0.3) is 0 Å². The molecule has 0 aliphatic carbocycles. The smallest absolute Gasteiger partial charge is 0.226 e. The van der Waals surface area contributed by atoms with E-state index in [0.717, 1.165) is 17.9 Å². The Balaban J connectivity index is 2.30. The molecule has 0 aliphatic heterocycles. The zero-order valence-corrected chi connectivity index (χ0v) is 11.2. The number of carbonyl (C=O) groups is 1. The first-order chi connectivity index (χ1) is 7.61. The second-order valence-corrected chi connectivity index (χ2v) is 5.48. The number of hydrogen-bond acceptors (Lipinski definition) is 5. The van der Waals surface area contributed by atoms with Crippen molar-refractivity contribution < 1.29 is 4.79 Å². The summed E-state index contributed by atoms with van der Waals surface area (Å²) in [6.45, 7) is 2.02. The fourth-order valence-corrected chi connectivity index (χ4v) is 2.41. The lowest BCUT2D eigenvalue weighted by Gasteiger charge is -2.12. The van der Waals surface area contributed by atoms with Crippen LogP contribution >= 0.6 is 23.1 Å². The van der Waals surface area contributed by atoms with Gasteiger partial charge in [-0.1, -0.05) is 0 Å². The van der Waals surface area contributed by atoms with Crippen molar-refractivity contribution in [2.75, 3.05) is 17.7 Å². The molecule has 0 bridgehead atoms. The van der Waals surface area contributed by atoms with Gasteiger partial charge >= 0.3 is 0 Å². The number of nitrogens with one attached hydrogen (secondary N) is 1. The number of rotatable bonds is 6. The summed E-state index contributed by atoms with van der Waals surface area (Å²) in [4.78, 5) is 15.7. The highest BCUT2D eigenvalue weighted by Crippen LogP contribution is 2.11. The highest BCUT2D eigenvalue weighted by molar-refractivity contribution is 7.98. The third kappa shape index (κ3) is 4.85. The molecule has 1 unspecified atom stereocenters. The first-order valence-electron chi connectivity index (χ1n) is 5.10. The third-order valence-electron chi connectivity index (χ3n) is 2.07. The van der Waals surface area contributed by atoms with Crippen LogP contribution < -0.4 is 11.1 Å². The molecule has 1 aromatic rings. The molecule has 1 heterocycles. The van der Waals surface area contributed by atoms with Crippen LogP contribution in [0.4, 0.5) is 5.13 Å². The molecule has 1 aromatic heterocycles. The molecule has 0 fully saturated rings. The number of amides is 1. The van der Waals surface area contributed by atoms with Crippen molar-refractivity contribution in [3.8, 4) is 0 Å². The van der Waals surface area contributed by atoms with E-state index in [0.29, 0.717) is 11.6 Å². The summed E-state index contributed by atoms with van der Waals surface area (Å²) in [7, 11) is 0. The van der Waals surface area contributed by atoms with E-state index < -0.39 is 0 Å². The van der Waals surface area contributed by atoms with Crippen molar-refractivity contribution in [3.05, 3.63) is 11.1 Å². The second-order valence-electron chi connectivity index (χ2n) is 3.60. The highest BCUT2D eigenvalue weighted by Gasteiger charge is 2.09. The Morgan fingerprint density at radius 3 is 3.06 bits per heavy atom. The second kappa shape index (κ2) is 6.75. The van der Waals surface area contributed by atoms with Gasteiger partial charge in [-0.3, -0.25) is 4.79 Å². The number of hydrogen-bond donors (Lipinski definition) is 2. The van der Waals surface area contributed by atoms with E-state index in [1.54, 1.807) is 11.8 Å². The van der Waals surface area contributed by atoms with E-state index in [1.165, 1.54) is 11.3 Å². The van der Waals surface area contributed by atoms with E-state index in [2.05, 4.69) is 16.6 Å². The van der Waals surface area contributed by atoms with Gasteiger partial charge < -0.3 is 11.1 Å². The van der Waals surface area contributed by atoms with Crippen LogP contribution in [0.5, 0.6) is 0 Å². The summed E-state index contributed by atoms with van der Waals surface area (Å²) in [5.41, 5.74) is 6.24. The monoisotopic (exact) mass is 259 g/mol. The van der Waals surface area contributed by atoms with Crippen molar-refractivity contribution in [3.63, 3.8) is 0 Å². The van der Waals surface area contributed by atoms with Crippen molar-refractivity contribution in [1.29, 1.82) is 0 Å². The average Bonchev–Trinajstić information content (AvgIpc) is 2.60. The van der Waals surface area contributed by atoms with Crippen LogP contribution in [0.2, 0.25) is 0 Å². The molecule has 4 nitrogen and oxygen atoms in total. The molecule has 1 atom stereocenters. The molecular weight excluding hydrogens is 242 g/mol. The average molecular weight is 259 g/mol. The van der Waals surface area contributed by atoms with Crippen molar-refractivity contribution in [2.45, 2.75) is 25.8 Å². The molecule has 1 amide bonds. The molecule has 0 spiro atoms. The van der Waals surface area contributed by atoms with Crippen molar-refractivity contribution >= 4 is 34.1 Å². The zero-order valence-electron chi connectivity index (χ0n) is 9.53. The number of nitrogens with zero attached hydrogens (tertiary/aromatic N) is 1. The summed E-state index contributed by atoms with van der Waals surface area (Å²) in [5.74, 6) is 1.07. The predicted octanol–water partition coefficient (Wildman–Crippen LogP) is 1.53. The SMILES string of the molecule is CSCCC(C)NC(=O)Cc1csc(N)n1. The molecular formula is C10H17N3OS2. The number of nitrogen functional groups attached to an aromatic ring is 1. The van der Waals surface area contributed by atoms with Crippen LogP contribution in [-0.4, -0.2) is 28.9 Å². The van der Waals surface area contributed by atoms with E-state index >= 15 is 0 Å². The lowest BCUT2D eigenvalue weighted by molar-refractivity contribution is -0.121. The summed E-state index contributed by atoms with van der Waals surface area (Å²) in [5, 5.41) is 5.28. The maximum atomic E-state index is 11.6. The maximum Gasteiger partial charge on any atom is 0.226 e. The van der Waals surface area contributed by atoms with Gasteiger partial charge in [0.05, 0.1) is 12.1 Å². The number of anilines is 1. The lowest BCUT2D eigenvalue weighted by atomic mass is 10.2. The number of carbonyl (C=O) groups excluding carboxylic acids is 1. The third-order valence-corrected chi connectivity index (χ3v) is 3.44. The Morgan fingerprint density at radius 1 is 1.75 bits per heavy atom. The normalized spacial score (nSPS) is 12.4. The Kier molecular flexibility index (Phi) is 5.62. The van der Waals surface area contributed by atoms with Gasteiger partial charge in [-0.15, -0.1) is 11.3 Å². The molecule has 0 aliphatic rings. The molecule has 3 N–H and O–H groups in total. The largest absolute Gasteiger partial charge is 0.375 e. The summed E-state index contributed by atoms with van der Waals surface area (Å²) in [6, 6.07) is 0.218. The number of thiazole rings is 1. The van der Waals surface area contributed by atoms with E-state index in [-0.39, 0.29) is 11.9 Å². The van der Waals surface area contributed by atoms with Crippen LogP contribution in [0.3, 0.4) is 0 Å². The molecule has 0 saturated carbocycles. The fraction of sp³-hybridized carbons (Fsp3) is 0.600. The Hall–Kier alpha value is -0.750. The van der Waals surface area contributed by atoms with Crippen LogP contribution in [0.1, 0.15) is 19.0 Å². The molecule has 6 heteroatoms. The summed E-state index contributed by atoms with van der Waals surface area (Å²) < 4.78 is 0. The molecule has 0 radical (unpaired) electrons. The first kappa shape index (κ1) is 13.3. The predicted molar refractivity (Wildman–Crippen MR) is 70.8 cm³/mol. The molecule has 0 saturated heterocycles. The Labute approximate surface area is 104 Å². The van der Waals surface area contributed by atoms with E-state index in [1.807, 2.05) is 12.3 Å². The first-order valence-corrected chi connectivity index (χ1v) is 7.37. The Bertz CT molecular complexity index is 341. The van der Waals surface area contributed by atoms with Gasteiger partial charge in [-0.25, -0.2) is 4.98 Å². The lowest BCUT2D eigenvalue weighted by Crippen LogP contribution is -2.34. The minimum atomic E-state index is 0.0129. The maximum absolute atomic E-state index is 11.6. The van der Waals surface area contributed by atoms with Gasteiger partial charge in [0.25, 0.3) is 0 Å². The molecule has 16 heavy (non-hydrogen) atoms. The van der Waals surface area contributed by atoms with Crippen LogP contribution in [-0.2, 0) is 11.2 Å². The molecule has 90 valence electrons. The number of nitrogens with two attached hydrogens (primary N) is 1. The minimum absolute atomic E-state index is 0.0129. The fourth-order valence-electron chi connectivity index (χ4n) is 1.26. The highest BCUT2D eigenvalue weighted by atomic mass is 32.2.